The predicted molar refractivity (Wildman–Crippen MR) is 69.9 cm³/mol. The Balaban J connectivity index is 2.69. The third-order valence-corrected chi connectivity index (χ3v) is 2.67. The number of carboxylic acids is 1. The summed E-state index contributed by atoms with van der Waals surface area (Å²) in [6.45, 7) is 1.80. The Labute approximate surface area is 114 Å². The normalized spacial score (nSPS) is 11.7. The molecule has 0 fully saturated rings. The zero-order valence-electron chi connectivity index (χ0n) is 10.2. The van der Waals surface area contributed by atoms with Crippen molar-refractivity contribution >= 4 is 29.3 Å². The number of urea groups is 1. The predicted octanol–water partition coefficient (Wildman–Crippen LogP) is 2.85. The van der Waals surface area contributed by atoms with Gasteiger partial charge >= 0.3 is 12.0 Å². The molecule has 0 spiro atoms. The molecule has 2 amide bonds. The molecule has 0 saturated heterocycles. The van der Waals surface area contributed by atoms with E-state index in [9.17, 15) is 14.0 Å². The van der Waals surface area contributed by atoms with Crippen LogP contribution in [0.3, 0.4) is 0 Å². The fourth-order valence-corrected chi connectivity index (χ4v) is 1.64. The van der Waals surface area contributed by atoms with Gasteiger partial charge in [0.2, 0.25) is 0 Å². The van der Waals surface area contributed by atoms with Crippen LogP contribution in [0.5, 0.6) is 0 Å². The van der Waals surface area contributed by atoms with Gasteiger partial charge in [-0.3, -0.25) is 0 Å². The van der Waals surface area contributed by atoms with Crippen molar-refractivity contribution in [3.05, 3.63) is 29.0 Å². The zero-order chi connectivity index (χ0) is 14.4. The zero-order valence-corrected chi connectivity index (χ0v) is 11.0. The number of aliphatic carboxylic acids is 1. The van der Waals surface area contributed by atoms with Gasteiger partial charge < -0.3 is 15.7 Å². The van der Waals surface area contributed by atoms with Crippen molar-refractivity contribution in [2.24, 2.45) is 0 Å². The molecule has 0 aliphatic rings. The van der Waals surface area contributed by atoms with E-state index >= 15 is 0 Å². The van der Waals surface area contributed by atoms with Crippen LogP contribution in [-0.4, -0.2) is 23.1 Å². The molecule has 0 heterocycles. The van der Waals surface area contributed by atoms with Crippen LogP contribution in [0.2, 0.25) is 5.02 Å². The van der Waals surface area contributed by atoms with Crippen LogP contribution in [-0.2, 0) is 4.79 Å². The third kappa shape index (κ3) is 4.40. The van der Waals surface area contributed by atoms with E-state index in [1.54, 1.807) is 6.92 Å². The lowest BCUT2D eigenvalue weighted by Gasteiger charge is -2.14. The van der Waals surface area contributed by atoms with Crippen LogP contribution in [0.15, 0.2) is 18.2 Å². The quantitative estimate of drug-likeness (QED) is 0.779. The molecule has 0 saturated carbocycles. The first-order chi connectivity index (χ1) is 8.95. The molecule has 0 radical (unpaired) electrons. The molecule has 0 aliphatic carbocycles. The third-order valence-electron chi connectivity index (χ3n) is 2.38. The first-order valence-electron chi connectivity index (χ1n) is 5.70. The highest BCUT2D eigenvalue weighted by Gasteiger charge is 2.19. The van der Waals surface area contributed by atoms with Gasteiger partial charge in [-0.1, -0.05) is 31.0 Å². The minimum atomic E-state index is -1.14. The van der Waals surface area contributed by atoms with E-state index in [1.165, 1.54) is 18.2 Å². The number of carbonyl (C=O) groups excluding carboxylic acids is 1. The maximum absolute atomic E-state index is 13.5. The first-order valence-corrected chi connectivity index (χ1v) is 6.07. The number of nitrogens with one attached hydrogen (secondary N) is 2. The molecule has 3 N–H and O–H groups in total. The molecule has 19 heavy (non-hydrogen) atoms. The van der Waals surface area contributed by atoms with Gasteiger partial charge in [-0.25, -0.2) is 14.0 Å². The highest BCUT2D eigenvalue weighted by molar-refractivity contribution is 6.31. The molecule has 7 heteroatoms. The van der Waals surface area contributed by atoms with Gasteiger partial charge in [-0.2, -0.15) is 0 Å². The summed E-state index contributed by atoms with van der Waals surface area (Å²) in [5.74, 6) is -1.90. The van der Waals surface area contributed by atoms with Crippen molar-refractivity contribution in [3.8, 4) is 0 Å². The number of amides is 2. The largest absolute Gasteiger partial charge is 0.480 e. The summed E-state index contributed by atoms with van der Waals surface area (Å²) in [6.07, 6.45) is 0.892. The second kappa shape index (κ2) is 6.94. The number of hydrogen-bond acceptors (Lipinski definition) is 2. The average Bonchev–Trinajstić information content (AvgIpc) is 2.34. The topological polar surface area (TPSA) is 78.4 Å². The summed E-state index contributed by atoms with van der Waals surface area (Å²) in [5.41, 5.74) is -0.106. The van der Waals surface area contributed by atoms with Gasteiger partial charge in [-0.15, -0.1) is 0 Å². The maximum atomic E-state index is 13.5. The summed E-state index contributed by atoms with van der Waals surface area (Å²) in [7, 11) is 0. The van der Waals surface area contributed by atoms with E-state index in [0.29, 0.717) is 12.8 Å². The molecule has 1 atom stereocenters. The minimum Gasteiger partial charge on any atom is -0.480 e. The van der Waals surface area contributed by atoms with Gasteiger partial charge in [0, 0.05) is 0 Å². The smallest absolute Gasteiger partial charge is 0.326 e. The van der Waals surface area contributed by atoms with Crippen molar-refractivity contribution < 1.29 is 19.1 Å². The number of benzene rings is 1. The molecular formula is C12H14ClFN2O3. The second-order valence-corrected chi connectivity index (χ2v) is 4.29. The fourth-order valence-electron chi connectivity index (χ4n) is 1.46. The highest BCUT2D eigenvalue weighted by Crippen LogP contribution is 2.21. The summed E-state index contributed by atoms with van der Waals surface area (Å²) in [5, 5.41) is 13.2. The van der Waals surface area contributed by atoms with Crippen LogP contribution in [0.4, 0.5) is 14.9 Å². The van der Waals surface area contributed by atoms with E-state index < -0.39 is 23.9 Å². The molecule has 0 unspecified atom stereocenters. The molecule has 0 aromatic heterocycles. The highest BCUT2D eigenvalue weighted by atomic mass is 35.5. The number of carbonyl (C=O) groups is 2. The summed E-state index contributed by atoms with van der Waals surface area (Å²) >= 11 is 5.56. The molecule has 104 valence electrons. The van der Waals surface area contributed by atoms with Gasteiger partial charge in [0.1, 0.15) is 6.04 Å². The Morgan fingerprint density at radius 1 is 1.47 bits per heavy atom. The van der Waals surface area contributed by atoms with E-state index in [-0.39, 0.29) is 10.7 Å². The van der Waals surface area contributed by atoms with E-state index in [0.717, 1.165) is 0 Å². The van der Waals surface area contributed by atoms with Crippen LogP contribution in [0, 0.1) is 5.82 Å². The van der Waals surface area contributed by atoms with Crippen molar-refractivity contribution in [2.75, 3.05) is 5.32 Å². The van der Waals surface area contributed by atoms with Gasteiger partial charge in [0.15, 0.2) is 5.82 Å². The Morgan fingerprint density at radius 2 is 2.16 bits per heavy atom. The standard InChI is InChI=1S/C12H14ClFN2O3/c1-2-4-9(11(17)18)16-12(19)15-8-6-3-5-7(13)10(8)14/h3,5-6,9H,2,4H2,1H3,(H,17,18)(H2,15,16,19)/t9-/m0/s1. The Morgan fingerprint density at radius 3 is 2.74 bits per heavy atom. The van der Waals surface area contributed by atoms with Crippen molar-refractivity contribution in [1.29, 1.82) is 0 Å². The lowest BCUT2D eigenvalue weighted by molar-refractivity contribution is -0.139. The molecule has 0 bridgehead atoms. The van der Waals surface area contributed by atoms with Crippen LogP contribution >= 0.6 is 11.6 Å². The SMILES string of the molecule is CCC[C@H](NC(=O)Nc1cccc(Cl)c1F)C(=O)O. The summed E-state index contributed by atoms with van der Waals surface area (Å²) < 4.78 is 13.5. The Kier molecular flexibility index (Phi) is 5.57. The monoisotopic (exact) mass is 288 g/mol. The molecular weight excluding hydrogens is 275 g/mol. The van der Waals surface area contributed by atoms with Crippen molar-refractivity contribution in [2.45, 2.75) is 25.8 Å². The first kappa shape index (κ1) is 15.2. The van der Waals surface area contributed by atoms with Crippen molar-refractivity contribution in [3.63, 3.8) is 0 Å². The number of hydrogen-bond donors (Lipinski definition) is 3. The molecule has 0 aliphatic heterocycles. The van der Waals surface area contributed by atoms with Crippen LogP contribution in [0.1, 0.15) is 19.8 Å². The number of halogens is 2. The molecule has 1 rings (SSSR count). The maximum Gasteiger partial charge on any atom is 0.326 e. The van der Waals surface area contributed by atoms with Gasteiger partial charge in [0.05, 0.1) is 10.7 Å². The molecule has 1 aromatic rings. The lowest BCUT2D eigenvalue weighted by atomic mass is 10.2. The van der Waals surface area contributed by atoms with Gasteiger partial charge in [-0.05, 0) is 18.6 Å². The Bertz CT molecular complexity index is 482. The number of carboxylic acid groups (broad SMARTS) is 1. The molecule has 1 aromatic carbocycles. The van der Waals surface area contributed by atoms with E-state index in [2.05, 4.69) is 10.6 Å². The molecule has 5 nitrogen and oxygen atoms in total. The fraction of sp³-hybridized carbons (Fsp3) is 0.333. The Hall–Kier alpha value is -1.82. The lowest BCUT2D eigenvalue weighted by Crippen LogP contribution is -2.43. The summed E-state index contributed by atoms with van der Waals surface area (Å²) in [6, 6.07) is 2.35. The van der Waals surface area contributed by atoms with E-state index in [4.69, 9.17) is 16.7 Å². The summed E-state index contributed by atoms with van der Waals surface area (Å²) in [4.78, 5) is 22.4. The number of rotatable bonds is 5. The van der Waals surface area contributed by atoms with Crippen LogP contribution < -0.4 is 10.6 Å². The van der Waals surface area contributed by atoms with E-state index in [1.807, 2.05) is 0 Å². The number of anilines is 1. The van der Waals surface area contributed by atoms with Crippen LogP contribution in [0.25, 0.3) is 0 Å². The minimum absolute atomic E-state index is 0.106. The van der Waals surface area contributed by atoms with Gasteiger partial charge in [0.25, 0.3) is 0 Å². The second-order valence-electron chi connectivity index (χ2n) is 3.88. The van der Waals surface area contributed by atoms with Crippen molar-refractivity contribution in [1.82, 2.24) is 5.32 Å². The average molecular weight is 289 g/mol.